The van der Waals surface area contributed by atoms with Crippen LogP contribution in [0, 0.1) is 13.8 Å². The van der Waals surface area contributed by atoms with Gasteiger partial charge < -0.3 is 14.5 Å². The molecule has 0 spiro atoms. The standard InChI is InChI=1S/C23H18Cl2N2O3/c1-13-3-7-19-21(9-13)30-23(27-19)17-11-16(5-6-18(17)25)26-22(28)12-29-20-8-4-15(24)10-14(20)2/h3-11H,12H2,1-2H3,(H,26,28). The number of ether oxygens (including phenoxy) is 1. The third kappa shape index (κ3) is 4.42. The summed E-state index contributed by atoms with van der Waals surface area (Å²) in [4.78, 5) is 16.8. The summed E-state index contributed by atoms with van der Waals surface area (Å²) in [6.45, 7) is 3.72. The molecule has 0 saturated carbocycles. The molecule has 3 aromatic carbocycles. The summed E-state index contributed by atoms with van der Waals surface area (Å²) in [6, 6.07) is 16.1. The van der Waals surface area contributed by atoms with E-state index in [1.54, 1.807) is 36.4 Å². The molecule has 1 heterocycles. The Morgan fingerprint density at radius 2 is 1.90 bits per heavy atom. The Morgan fingerprint density at radius 3 is 2.70 bits per heavy atom. The number of anilines is 1. The third-order valence-electron chi connectivity index (χ3n) is 4.52. The van der Waals surface area contributed by atoms with Gasteiger partial charge in [0.1, 0.15) is 11.3 Å². The Hall–Kier alpha value is -3.02. The number of aryl methyl sites for hydroxylation is 2. The van der Waals surface area contributed by atoms with Crippen molar-refractivity contribution in [2.45, 2.75) is 13.8 Å². The van der Waals surface area contributed by atoms with Crippen molar-refractivity contribution in [1.82, 2.24) is 4.98 Å². The van der Waals surface area contributed by atoms with E-state index < -0.39 is 0 Å². The van der Waals surface area contributed by atoms with Crippen LogP contribution in [0.15, 0.2) is 59.0 Å². The van der Waals surface area contributed by atoms with E-state index in [4.69, 9.17) is 32.4 Å². The van der Waals surface area contributed by atoms with E-state index in [2.05, 4.69) is 10.3 Å². The quantitative estimate of drug-likeness (QED) is 0.387. The van der Waals surface area contributed by atoms with Crippen LogP contribution in [0.3, 0.4) is 0 Å². The number of amides is 1. The molecule has 7 heteroatoms. The predicted octanol–water partition coefficient (Wildman–Crippen LogP) is 6.44. The number of fused-ring (bicyclic) bond motifs is 1. The molecule has 4 rings (SSSR count). The summed E-state index contributed by atoms with van der Waals surface area (Å²) in [6.07, 6.45) is 0. The highest BCUT2D eigenvalue weighted by atomic mass is 35.5. The Kier molecular flexibility index (Phi) is 5.66. The molecule has 0 unspecified atom stereocenters. The summed E-state index contributed by atoms with van der Waals surface area (Å²) < 4.78 is 11.4. The van der Waals surface area contributed by atoms with Gasteiger partial charge in [-0.25, -0.2) is 4.98 Å². The van der Waals surface area contributed by atoms with E-state index in [9.17, 15) is 4.79 Å². The zero-order chi connectivity index (χ0) is 21.3. The zero-order valence-corrected chi connectivity index (χ0v) is 17.8. The molecular formula is C23H18Cl2N2O3. The number of carbonyl (C=O) groups excluding carboxylic acids is 1. The van der Waals surface area contributed by atoms with Gasteiger partial charge in [0.2, 0.25) is 5.89 Å². The van der Waals surface area contributed by atoms with Crippen LogP contribution in [0.4, 0.5) is 5.69 Å². The number of benzene rings is 3. The highest BCUT2D eigenvalue weighted by Gasteiger charge is 2.14. The first-order valence-electron chi connectivity index (χ1n) is 9.25. The minimum atomic E-state index is -0.300. The van der Waals surface area contributed by atoms with Crippen molar-refractivity contribution in [2.24, 2.45) is 0 Å². The van der Waals surface area contributed by atoms with Gasteiger partial charge in [0.25, 0.3) is 5.91 Å². The average Bonchev–Trinajstić information content (AvgIpc) is 3.11. The van der Waals surface area contributed by atoms with Gasteiger partial charge in [0, 0.05) is 10.7 Å². The number of hydrogen-bond donors (Lipinski definition) is 1. The first-order valence-corrected chi connectivity index (χ1v) is 10.0. The number of oxazole rings is 1. The highest BCUT2D eigenvalue weighted by molar-refractivity contribution is 6.33. The van der Waals surface area contributed by atoms with Crippen LogP contribution >= 0.6 is 23.2 Å². The van der Waals surface area contributed by atoms with Gasteiger partial charge in [-0.1, -0.05) is 29.3 Å². The summed E-state index contributed by atoms with van der Waals surface area (Å²) in [7, 11) is 0. The molecule has 0 aliphatic heterocycles. The van der Waals surface area contributed by atoms with Crippen molar-refractivity contribution < 1.29 is 13.9 Å². The molecule has 30 heavy (non-hydrogen) atoms. The Balaban J connectivity index is 1.50. The van der Waals surface area contributed by atoms with Gasteiger partial charge in [-0.05, 0) is 73.5 Å². The summed E-state index contributed by atoms with van der Waals surface area (Å²) >= 11 is 12.3. The minimum Gasteiger partial charge on any atom is -0.483 e. The van der Waals surface area contributed by atoms with Gasteiger partial charge in [0.15, 0.2) is 12.2 Å². The number of halogens is 2. The second-order valence-corrected chi connectivity index (χ2v) is 7.78. The molecule has 0 atom stereocenters. The van der Waals surface area contributed by atoms with Crippen LogP contribution in [0.25, 0.3) is 22.6 Å². The molecule has 152 valence electrons. The maximum Gasteiger partial charge on any atom is 0.262 e. The van der Waals surface area contributed by atoms with E-state index >= 15 is 0 Å². The van der Waals surface area contributed by atoms with Crippen LogP contribution in [-0.4, -0.2) is 17.5 Å². The van der Waals surface area contributed by atoms with Crippen molar-refractivity contribution in [1.29, 1.82) is 0 Å². The Morgan fingerprint density at radius 1 is 1.07 bits per heavy atom. The van der Waals surface area contributed by atoms with Gasteiger partial charge >= 0.3 is 0 Å². The fourth-order valence-electron chi connectivity index (χ4n) is 3.03. The first-order chi connectivity index (χ1) is 14.4. The highest BCUT2D eigenvalue weighted by Crippen LogP contribution is 2.32. The van der Waals surface area contributed by atoms with E-state index in [-0.39, 0.29) is 12.5 Å². The maximum atomic E-state index is 12.3. The van der Waals surface area contributed by atoms with Crippen LogP contribution < -0.4 is 10.1 Å². The van der Waals surface area contributed by atoms with Crippen molar-refractivity contribution in [3.05, 3.63) is 75.8 Å². The normalized spacial score (nSPS) is 10.9. The Labute approximate surface area is 183 Å². The first kappa shape index (κ1) is 20.3. The van der Waals surface area contributed by atoms with Crippen LogP contribution in [0.5, 0.6) is 5.75 Å². The topological polar surface area (TPSA) is 64.4 Å². The smallest absolute Gasteiger partial charge is 0.262 e. The number of rotatable bonds is 5. The number of aromatic nitrogens is 1. The maximum absolute atomic E-state index is 12.3. The molecule has 5 nitrogen and oxygen atoms in total. The monoisotopic (exact) mass is 440 g/mol. The molecular weight excluding hydrogens is 423 g/mol. The summed E-state index contributed by atoms with van der Waals surface area (Å²) in [5.74, 6) is 0.698. The van der Waals surface area contributed by atoms with E-state index in [0.717, 1.165) is 16.6 Å². The average molecular weight is 441 g/mol. The fourth-order valence-corrected chi connectivity index (χ4v) is 3.45. The van der Waals surface area contributed by atoms with E-state index in [1.807, 2.05) is 32.0 Å². The van der Waals surface area contributed by atoms with E-state index in [0.29, 0.717) is 38.5 Å². The zero-order valence-electron chi connectivity index (χ0n) is 16.3. The van der Waals surface area contributed by atoms with Crippen molar-refractivity contribution in [2.75, 3.05) is 11.9 Å². The molecule has 0 aliphatic carbocycles. The van der Waals surface area contributed by atoms with Gasteiger partial charge in [-0.3, -0.25) is 4.79 Å². The van der Waals surface area contributed by atoms with Crippen molar-refractivity contribution in [3.8, 4) is 17.2 Å². The molecule has 0 aliphatic rings. The van der Waals surface area contributed by atoms with Crippen LogP contribution in [0.1, 0.15) is 11.1 Å². The van der Waals surface area contributed by atoms with Crippen molar-refractivity contribution >= 4 is 45.9 Å². The lowest BCUT2D eigenvalue weighted by molar-refractivity contribution is -0.118. The third-order valence-corrected chi connectivity index (χ3v) is 5.08. The lowest BCUT2D eigenvalue weighted by atomic mass is 10.2. The number of hydrogen-bond acceptors (Lipinski definition) is 4. The number of nitrogens with one attached hydrogen (secondary N) is 1. The van der Waals surface area contributed by atoms with Gasteiger partial charge in [-0.15, -0.1) is 0 Å². The lowest BCUT2D eigenvalue weighted by Gasteiger charge is -2.10. The van der Waals surface area contributed by atoms with Crippen LogP contribution in [0.2, 0.25) is 10.0 Å². The largest absolute Gasteiger partial charge is 0.483 e. The molecule has 0 fully saturated rings. The Bertz CT molecular complexity index is 1250. The predicted molar refractivity (Wildman–Crippen MR) is 120 cm³/mol. The second-order valence-electron chi connectivity index (χ2n) is 6.93. The molecule has 0 bridgehead atoms. The number of carbonyl (C=O) groups is 1. The van der Waals surface area contributed by atoms with Gasteiger partial charge in [-0.2, -0.15) is 0 Å². The molecule has 0 saturated heterocycles. The minimum absolute atomic E-state index is 0.136. The van der Waals surface area contributed by atoms with E-state index in [1.165, 1.54) is 0 Å². The second kappa shape index (κ2) is 8.38. The lowest BCUT2D eigenvalue weighted by Crippen LogP contribution is -2.20. The molecule has 1 N–H and O–H groups in total. The van der Waals surface area contributed by atoms with Crippen molar-refractivity contribution in [3.63, 3.8) is 0 Å². The SMILES string of the molecule is Cc1ccc2nc(-c3cc(NC(=O)COc4ccc(Cl)cc4C)ccc3Cl)oc2c1. The molecule has 1 aromatic heterocycles. The number of nitrogens with zero attached hydrogens (tertiary/aromatic N) is 1. The molecule has 4 aromatic rings. The van der Waals surface area contributed by atoms with Crippen LogP contribution in [-0.2, 0) is 4.79 Å². The summed E-state index contributed by atoms with van der Waals surface area (Å²) in [5, 5.41) is 3.90. The molecule has 0 radical (unpaired) electrons. The van der Waals surface area contributed by atoms with Gasteiger partial charge in [0.05, 0.1) is 10.6 Å². The molecule has 1 amide bonds. The summed E-state index contributed by atoms with van der Waals surface area (Å²) in [5.41, 5.74) is 4.52. The fraction of sp³-hybridized carbons (Fsp3) is 0.130.